The van der Waals surface area contributed by atoms with Gasteiger partial charge in [0, 0.05) is 10.7 Å². The van der Waals surface area contributed by atoms with Gasteiger partial charge in [-0.15, -0.1) is 0 Å². The summed E-state index contributed by atoms with van der Waals surface area (Å²) in [4.78, 5) is 11.5. The Labute approximate surface area is 72.1 Å². The third-order valence-electron chi connectivity index (χ3n) is 1.31. The molecular formula is C6H7BrN2O2. The summed E-state index contributed by atoms with van der Waals surface area (Å²) in [7, 11) is 0. The summed E-state index contributed by atoms with van der Waals surface area (Å²) in [5, 5.41) is 8.57. The van der Waals surface area contributed by atoms with Gasteiger partial charge in [0.05, 0.1) is 0 Å². The van der Waals surface area contributed by atoms with Crippen LogP contribution in [0.25, 0.3) is 0 Å². The number of hydrogen-bond acceptors (Lipinski definition) is 2. The molecule has 0 spiro atoms. The summed E-state index contributed by atoms with van der Waals surface area (Å²) in [6, 6.07) is 0. The molecule has 4 nitrogen and oxygen atoms in total. The summed E-state index contributed by atoms with van der Waals surface area (Å²) in [5.41, 5.74) is 5.50. The SMILES string of the molecule is NC1C(Br)=CC=CN1C(=O)O. The van der Waals surface area contributed by atoms with Crippen LogP contribution in [0.3, 0.4) is 0 Å². The lowest BCUT2D eigenvalue weighted by atomic mass is 10.3. The summed E-state index contributed by atoms with van der Waals surface area (Å²) in [6.07, 6.45) is 3.07. The van der Waals surface area contributed by atoms with Crippen LogP contribution in [0.15, 0.2) is 22.8 Å². The number of amides is 1. The van der Waals surface area contributed by atoms with Gasteiger partial charge in [-0.1, -0.05) is 15.9 Å². The fourth-order valence-corrected chi connectivity index (χ4v) is 1.11. The average Bonchev–Trinajstić information content (AvgIpc) is 1.94. The first-order chi connectivity index (χ1) is 5.13. The molecule has 60 valence electrons. The standard InChI is InChI=1S/C6H7BrN2O2/c7-4-2-1-3-9(5(4)8)6(10)11/h1-3,5H,8H2,(H,10,11). The zero-order valence-corrected chi connectivity index (χ0v) is 7.15. The monoisotopic (exact) mass is 218 g/mol. The Hall–Kier alpha value is -0.810. The molecular weight excluding hydrogens is 212 g/mol. The van der Waals surface area contributed by atoms with Crippen LogP contribution in [0, 0.1) is 0 Å². The molecule has 0 radical (unpaired) electrons. The lowest BCUT2D eigenvalue weighted by Gasteiger charge is -2.24. The van der Waals surface area contributed by atoms with Gasteiger partial charge in [0.1, 0.15) is 6.17 Å². The Morgan fingerprint density at radius 2 is 2.45 bits per heavy atom. The highest BCUT2D eigenvalue weighted by Gasteiger charge is 2.21. The number of hydrogen-bond donors (Lipinski definition) is 2. The third-order valence-corrected chi connectivity index (χ3v) is 2.04. The molecule has 0 aromatic heterocycles. The number of halogens is 1. The van der Waals surface area contributed by atoms with Gasteiger partial charge in [0.2, 0.25) is 0 Å². The largest absolute Gasteiger partial charge is 0.465 e. The second-order valence-electron chi connectivity index (χ2n) is 2.03. The van der Waals surface area contributed by atoms with E-state index in [-0.39, 0.29) is 0 Å². The fraction of sp³-hybridized carbons (Fsp3) is 0.167. The van der Waals surface area contributed by atoms with Gasteiger partial charge in [-0.05, 0) is 12.2 Å². The van der Waals surface area contributed by atoms with Crippen LogP contribution in [0.4, 0.5) is 4.79 Å². The van der Waals surface area contributed by atoms with Crippen molar-refractivity contribution in [1.82, 2.24) is 4.90 Å². The van der Waals surface area contributed by atoms with Crippen LogP contribution in [0.1, 0.15) is 0 Å². The quantitative estimate of drug-likeness (QED) is 0.640. The number of allylic oxidation sites excluding steroid dienone is 2. The maximum atomic E-state index is 10.5. The molecule has 0 saturated heterocycles. The maximum Gasteiger partial charge on any atom is 0.412 e. The molecule has 11 heavy (non-hydrogen) atoms. The average molecular weight is 219 g/mol. The topological polar surface area (TPSA) is 66.6 Å². The molecule has 0 aliphatic carbocycles. The predicted octanol–water partition coefficient (Wildman–Crippen LogP) is 1.06. The summed E-state index contributed by atoms with van der Waals surface area (Å²) in [5.74, 6) is 0. The lowest BCUT2D eigenvalue weighted by molar-refractivity contribution is 0.154. The second kappa shape index (κ2) is 3.06. The van der Waals surface area contributed by atoms with E-state index in [0.29, 0.717) is 4.48 Å². The molecule has 1 heterocycles. The van der Waals surface area contributed by atoms with Crippen LogP contribution in [0.5, 0.6) is 0 Å². The zero-order chi connectivity index (χ0) is 8.43. The Balaban J connectivity index is 2.81. The minimum atomic E-state index is -1.06. The molecule has 0 fully saturated rings. The first-order valence-corrected chi connectivity index (χ1v) is 3.73. The van der Waals surface area contributed by atoms with Crippen molar-refractivity contribution in [3.05, 3.63) is 22.8 Å². The minimum absolute atomic E-state index is 0.613. The molecule has 5 heteroatoms. The van der Waals surface area contributed by atoms with Gasteiger partial charge in [-0.3, -0.25) is 4.90 Å². The molecule has 1 atom stereocenters. The highest BCUT2D eigenvalue weighted by atomic mass is 79.9. The van der Waals surface area contributed by atoms with E-state index in [0.717, 1.165) is 4.90 Å². The van der Waals surface area contributed by atoms with Crippen LogP contribution in [-0.4, -0.2) is 22.3 Å². The molecule has 1 aliphatic rings. The molecule has 1 rings (SSSR count). The molecule has 3 N–H and O–H groups in total. The zero-order valence-electron chi connectivity index (χ0n) is 5.57. The Kier molecular flexibility index (Phi) is 2.31. The van der Waals surface area contributed by atoms with E-state index in [1.165, 1.54) is 6.20 Å². The fourth-order valence-electron chi connectivity index (χ4n) is 0.735. The summed E-state index contributed by atoms with van der Waals surface area (Å²) >= 11 is 3.14. The van der Waals surface area contributed by atoms with Crippen molar-refractivity contribution >= 4 is 22.0 Å². The number of carboxylic acid groups (broad SMARTS) is 1. The van der Waals surface area contributed by atoms with Crippen LogP contribution in [0.2, 0.25) is 0 Å². The highest BCUT2D eigenvalue weighted by molar-refractivity contribution is 9.11. The molecule has 1 unspecified atom stereocenters. The van der Waals surface area contributed by atoms with Gasteiger partial charge < -0.3 is 10.8 Å². The Morgan fingerprint density at radius 3 is 2.91 bits per heavy atom. The van der Waals surface area contributed by atoms with E-state index < -0.39 is 12.3 Å². The minimum Gasteiger partial charge on any atom is -0.465 e. The van der Waals surface area contributed by atoms with Gasteiger partial charge in [0.15, 0.2) is 0 Å². The van der Waals surface area contributed by atoms with Crippen LogP contribution < -0.4 is 5.73 Å². The normalized spacial score (nSPS) is 23.3. The van der Waals surface area contributed by atoms with Gasteiger partial charge >= 0.3 is 6.09 Å². The van der Waals surface area contributed by atoms with Gasteiger partial charge in [-0.2, -0.15) is 0 Å². The van der Waals surface area contributed by atoms with E-state index in [1.54, 1.807) is 12.2 Å². The Bertz CT molecular complexity index is 237. The van der Waals surface area contributed by atoms with Crippen molar-refractivity contribution in [2.45, 2.75) is 6.17 Å². The summed E-state index contributed by atoms with van der Waals surface area (Å²) in [6.45, 7) is 0. The number of carbonyl (C=O) groups is 1. The van der Waals surface area contributed by atoms with Crippen molar-refractivity contribution in [2.24, 2.45) is 5.73 Å². The molecule has 0 saturated carbocycles. The van der Waals surface area contributed by atoms with Crippen molar-refractivity contribution in [1.29, 1.82) is 0 Å². The molecule has 0 aromatic rings. The van der Waals surface area contributed by atoms with Crippen LogP contribution in [-0.2, 0) is 0 Å². The van der Waals surface area contributed by atoms with E-state index in [4.69, 9.17) is 10.8 Å². The number of nitrogens with two attached hydrogens (primary N) is 1. The molecule has 0 bridgehead atoms. The van der Waals surface area contributed by atoms with Crippen molar-refractivity contribution in [3.8, 4) is 0 Å². The van der Waals surface area contributed by atoms with E-state index in [2.05, 4.69) is 15.9 Å². The number of rotatable bonds is 0. The maximum absolute atomic E-state index is 10.5. The first-order valence-electron chi connectivity index (χ1n) is 2.93. The molecule has 1 amide bonds. The third kappa shape index (κ3) is 1.61. The smallest absolute Gasteiger partial charge is 0.412 e. The highest BCUT2D eigenvalue weighted by Crippen LogP contribution is 2.17. The second-order valence-corrected chi connectivity index (χ2v) is 2.94. The number of nitrogens with zero attached hydrogens (tertiary/aromatic N) is 1. The first kappa shape index (κ1) is 8.29. The lowest BCUT2D eigenvalue weighted by Crippen LogP contribution is -2.42. The van der Waals surface area contributed by atoms with Crippen LogP contribution >= 0.6 is 15.9 Å². The van der Waals surface area contributed by atoms with Crippen molar-refractivity contribution in [2.75, 3.05) is 0 Å². The van der Waals surface area contributed by atoms with Gasteiger partial charge in [-0.25, -0.2) is 4.79 Å². The Morgan fingerprint density at radius 1 is 1.82 bits per heavy atom. The molecule has 0 aromatic carbocycles. The van der Waals surface area contributed by atoms with E-state index in [9.17, 15) is 4.79 Å². The van der Waals surface area contributed by atoms with Crippen molar-refractivity contribution < 1.29 is 9.90 Å². The van der Waals surface area contributed by atoms with E-state index >= 15 is 0 Å². The van der Waals surface area contributed by atoms with Gasteiger partial charge in [0.25, 0.3) is 0 Å². The van der Waals surface area contributed by atoms with E-state index in [1.807, 2.05) is 0 Å². The predicted molar refractivity (Wildman–Crippen MR) is 44.0 cm³/mol. The molecule has 1 aliphatic heterocycles. The summed E-state index contributed by atoms with van der Waals surface area (Å²) < 4.78 is 0.655. The van der Waals surface area contributed by atoms with Crippen molar-refractivity contribution in [3.63, 3.8) is 0 Å².